The van der Waals surface area contributed by atoms with Crippen LogP contribution in [0, 0.1) is 16.7 Å². The number of carbonyl (C=O) groups excluding carboxylic acids is 2. The number of benzene rings is 1. The summed E-state index contributed by atoms with van der Waals surface area (Å²) in [5, 5.41) is 46.9. The summed E-state index contributed by atoms with van der Waals surface area (Å²) < 4.78 is 18.0. The molecule has 0 aromatic heterocycles. The van der Waals surface area contributed by atoms with E-state index in [0.717, 1.165) is 0 Å². The molecule has 5 rings (SSSR count). The molecule has 1 heterocycles. The fraction of sp³-hybridized carbons (Fsp3) is 0.655. The Morgan fingerprint density at radius 3 is 2.26 bits per heavy atom. The van der Waals surface area contributed by atoms with Crippen LogP contribution in [0.1, 0.15) is 64.2 Å². The highest BCUT2D eigenvalue weighted by Crippen LogP contribution is 2.64. The van der Waals surface area contributed by atoms with Crippen molar-refractivity contribution in [2.75, 3.05) is 6.61 Å². The van der Waals surface area contributed by atoms with Gasteiger partial charge < -0.3 is 34.6 Å². The molecule has 9 nitrogen and oxygen atoms in total. The van der Waals surface area contributed by atoms with E-state index in [0.29, 0.717) is 11.1 Å². The van der Waals surface area contributed by atoms with Crippen LogP contribution in [0.5, 0.6) is 0 Å². The minimum absolute atomic E-state index is 0.0134. The Morgan fingerprint density at radius 1 is 1.03 bits per heavy atom. The van der Waals surface area contributed by atoms with Crippen molar-refractivity contribution in [3.63, 3.8) is 0 Å². The van der Waals surface area contributed by atoms with Crippen molar-refractivity contribution in [1.29, 1.82) is 0 Å². The molecule has 1 aromatic carbocycles. The van der Waals surface area contributed by atoms with E-state index in [4.69, 9.17) is 14.2 Å². The largest absolute Gasteiger partial charge is 0.455 e. The van der Waals surface area contributed by atoms with E-state index in [9.17, 15) is 30.0 Å². The number of ether oxygens (including phenoxy) is 3. The molecule has 1 saturated heterocycles. The highest BCUT2D eigenvalue weighted by atomic mass is 16.6. The topological polar surface area (TPSA) is 143 Å². The number of fused-ring (bicyclic) bond motifs is 5. The highest BCUT2D eigenvalue weighted by molar-refractivity contribution is 5.89. The maximum Gasteiger partial charge on any atom is 0.338 e. The van der Waals surface area contributed by atoms with Crippen molar-refractivity contribution >= 4 is 11.9 Å². The molecule has 3 aliphatic carbocycles. The van der Waals surface area contributed by atoms with Gasteiger partial charge in [0.05, 0.1) is 36.4 Å². The second kappa shape index (κ2) is 8.86. The second-order valence-corrected chi connectivity index (χ2v) is 12.4. The lowest BCUT2D eigenvalue weighted by molar-refractivity contribution is -0.354. The maximum absolute atomic E-state index is 13.6. The van der Waals surface area contributed by atoms with E-state index in [2.05, 4.69) is 0 Å². The predicted octanol–water partition coefficient (Wildman–Crippen LogP) is 1.90. The smallest absolute Gasteiger partial charge is 0.338 e. The Labute approximate surface area is 222 Å². The minimum atomic E-state index is -1.90. The monoisotopic (exact) mass is 530 g/mol. The molecular formula is C29H38O9. The molecule has 208 valence electrons. The normalized spacial score (nSPS) is 43.5. The molecule has 0 spiro atoms. The summed E-state index contributed by atoms with van der Waals surface area (Å²) in [5.74, 6) is -2.22. The number of aliphatic hydroxyl groups is 4. The SMILES string of the molecule is CC(=O)O[C@@]12CO[C@@H]1C[C@H](O)[C@@]1(C)CC(O)C3=C(C)[C@@H](O)C[C@@](O)([C@@H](OC(=O)c4ccccc4)[C@@H]12)C3(C)C. The molecule has 9 heteroatoms. The van der Waals surface area contributed by atoms with Crippen molar-refractivity contribution in [1.82, 2.24) is 0 Å². The number of hydrogen-bond acceptors (Lipinski definition) is 9. The number of hydrogen-bond donors (Lipinski definition) is 4. The Hall–Kier alpha value is -2.30. The summed E-state index contributed by atoms with van der Waals surface area (Å²) in [6, 6.07) is 8.36. The molecule has 38 heavy (non-hydrogen) atoms. The van der Waals surface area contributed by atoms with Crippen LogP contribution in [0.2, 0.25) is 0 Å². The molecular weight excluding hydrogens is 492 g/mol. The maximum atomic E-state index is 13.6. The third kappa shape index (κ3) is 3.63. The van der Waals surface area contributed by atoms with Gasteiger partial charge in [-0.2, -0.15) is 0 Å². The van der Waals surface area contributed by atoms with E-state index in [1.807, 2.05) is 0 Å². The van der Waals surface area contributed by atoms with Gasteiger partial charge in [0.2, 0.25) is 0 Å². The van der Waals surface area contributed by atoms with Crippen molar-refractivity contribution in [2.24, 2.45) is 16.7 Å². The van der Waals surface area contributed by atoms with Crippen molar-refractivity contribution in [3.05, 3.63) is 47.0 Å². The fourth-order valence-electron chi connectivity index (χ4n) is 7.93. The van der Waals surface area contributed by atoms with Crippen LogP contribution in [0.25, 0.3) is 0 Å². The van der Waals surface area contributed by atoms with Gasteiger partial charge >= 0.3 is 11.9 Å². The van der Waals surface area contributed by atoms with Crippen molar-refractivity contribution < 1.29 is 44.2 Å². The molecule has 2 saturated carbocycles. The van der Waals surface area contributed by atoms with Crippen LogP contribution in [0.15, 0.2) is 41.5 Å². The zero-order valence-corrected chi connectivity index (χ0v) is 22.5. The summed E-state index contributed by atoms with van der Waals surface area (Å²) in [6.07, 6.45) is -5.27. The summed E-state index contributed by atoms with van der Waals surface area (Å²) in [4.78, 5) is 26.0. The first kappa shape index (κ1) is 27.3. The van der Waals surface area contributed by atoms with Gasteiger partial charge in [0.15, 0.2) is 5.60 Å². The molecule has 0 radical (unpaired) electrons. The third-order valence-electron chi connectivity index (χ3n) is 9.99. The number of aliphatic hydroxyl groups excluding tert-OH is 3. The molecule has 1 aromatic rings. The lowest BCUT2D eigenvalue weighted by atomic mass is 9.45. The van der Waals surface area contributed by atoms with Gasteiger partial charge in [-0.25, -0.2) is 4.79 Å². The van der Waals surface area contributed by atoms with Crippen LogP contribution >= 0.6 is 0 Å². The van der Waals surface area contributed by atoms with Gasteiger partial charge in [-0.3, -0.25) is 4.79 Å². The first-order valence-electron chi connectivity index (χ1n) is 13.2. The molecule has 4 N–H and O–H groups in total. The molecule has 2 bridgehead atoms. The fourth-order valence-corrected chi connectivity index (χ4v) is 7.93. The molecule has 1 unspecified atom stereocenters. The molecule has 4 aliphatic rings. The van der Waals surface area contributed by atoms with Gasteiger partial charge in [0, 0.05) is 30.6 Å². The molecule has 0 amide bonds. The van der Waals surface area contributed by atoms with E-state index < -0.39 is 70.4 Å². The average Bonchev–Trinajstić information content (AvgIpc) is 2.83. The molecule has 1 aliphatic heterocycles. The lowest BCUT2D eigenvalue weighted by Crippen LogP contribution is -2.80. The minimum Gasteiger partial charge on any atom is -0.455 e. The van der Waals surface area contributed by atoms with E-state index >= 15 is 0 Å². The van der Waals surface area contributed by atoms with Crippen LogP contribution in [0.4, 0.5) is 0 Å². The van der Waals surface area contributed by atoms with E-state index in [-0.39, 0.29) is 31.4 Å². The summed E-state index contributed by atoms with van der Waals surface area (Å²) in [6.45, 7) is 8.30. The van der Waals surface area contributed by atoms with Crippen molar-refractivity contribution in [3.8, 4) is 0 Å². The van der Waals surface area contributed by atoms with Gasteiger partial charge in [-0.1, -0.05) is 39.0 Å². The Bertz CT molecular complexity index is 1160. The van der Waals surface area contributed by atoms with Crippen LogP contribution in [-0.2, 0) is 19.0 Å². The summed E-state index contributed by atoms with van der Waals surface area (Å²) in [5.41, 5.74) is -4.25. The molecule has 3 fully saturated rings. The average molecular weight is 531 g/mol. The zero-order valence-electron chi connectivity index (χ0n) is 22.5. The standard InChI is InChI=1S/C29H38O9/c1-15-18(31)13-29(35)24(37-25(34)17-9-7-6-8-10-17)23-27(5,12-19(32)22(15)26(29,3)4)20(33)11-21-28(23,14-36-21)38-16(2)30/h6-10,18-21,23-24,31-33,35H,11-14H2,1-5H3/t18-,19?,20-,21+,23-,24-,27+,28-,29+/m0/s1. The van der Waals surface area contributed by atoms with E-state index in [1.165, 1.54) is 6.92 Å². The van der Waals surface area contributed by atoms with Gasteiger partial charge in [-0.15, -0.1) is 0 Å². The third-order valence-corrected chi connectivity index (χ3v) is 9.99. The number of esters is 2. The highest BCUT2D eigenvalue weighted by Gasteiger charge is 2.75. The van der Waals surface area contributed by atoms with Gasteiger partial charge in [0.1, 0.15) is 17.8 Å². The van der Waals surface area contributed by atoms with Crippen molar-refractivity contribution in [2.45, 2.75) is 95.6 Å². The quantitative estimate of drug-likeness (QED) is 0.340. The second-order valence-electron chi connectivity index (χ2n) is 12.4. The summed E-state index contributed by atoms with van der Waals surface area (Å²) >= 11 is 0. The van der Waals surface area contributed by atoms with Gasteiger partial charge in [0.25, 0.3) is 0 Å². The van der Waals surface area contributed by atoms with Crippen LogP contribution in [0.3, 0.4) is 0 Å². The number of carbonyl (C=O) groups is 2. The van der Waals surface area contributed by atoms with E-state index in [1.54, 1.807) is 58.0 Å². The first-order chi connectivity index (χ1) is 17.7. The Balaban J connectivity index is 1.77. The van der Waals surface area contributed by atoms with Crippen LogP contribution < -0.4 is 0 Å². The Morgan fingerprint density at radius 2 is 1.68 bits per heavy atom. The lowest BCUT2D eigenvalue weighted by Gasteiger charge is -2.68. The first-order valence-corrected chi connectivity index (χ1v) is 13.2. The van der Waals surface area contributed by atoms with Crippen LogP contribution in [-0.4, -0.2) is 80.7 Å². The summed E-state index contributed by atoms with van der Waals surface area (Å²) in [7, 11) is 0. The zero-order chi connectivity index (χ0) is 27.8. The number of rotatable bonds is 3. The molecule has 9 atom stereocenters. The predicted molar refractivity (Wildman–Crippen MR) is 135 cm³/mol. The van der Waals surface area contributed by atoms with Gasteiger partial charge in [-0.05, 0) is 36.6 Å². The Kier molecular flexibility index (Phi) is 6.36.